The summed E-state index contributed by atoms with van der Waals surface area (Å²) in [5.74, 6) is 3.34. The Kier molecular flexibility index (Phi) is 5.79. The second-order valence-corrected chi connectivity index (χ2v) is 12.2. The molecule has 0 aromatic rings. The van der Waals surface area contributed by atoms with Gasteiger partial charge >= 0.3 is 0 Å². The highest BCUT2D eigenvalue weighted by Crippen LogP contribution is 2.35. The van der Waals surface area contributed by atoms with Crippen molar-refractivity contribution in [2.45, 2.75) is 77.1 Å². The third-order valence-corrected chi connectivity index (χ3v) is 9.02. The van der Waals surface area contributed by atoms with Gasteiger partial charge < -0.3 is 5.11 Å². The van der Waals surface area contributed by atoms with E-state index in [2.05, 4.69) is 45.3 Å². The van der Waals surface area contributed by atoms with E-state index in [4.69, 9.17) is 0 Å². The first-order chi connectivity index (χ1) is 9.15. The molecule has 0 radical (unpaired) electrons. The molecule has 20 heavy (non-hydrogen) atoms. The van der Waals surface area contributed by atoms with E-state index >= 15 is 0 Å². The molecule has 1 atom stereocenters. The summed E-state index contributed by atoms with van der Waals surface area (Å²) < 4.78 is 0. The average molecular weight is 292 g/mol. The maximum Gasteiger partial charge on any atom is 0.161 e. The van der Waals surface area contributed by atoms with Crippen molar-refractivity contribution in [3.05, 3.63) is 11.6 Å². The largest absolute Gasteiger partial charge is 0.388 e. The van der Waals surface area contributed by atoms with E-state index in [9.17, 15) is 9.90 Å². The Morgan fingerprint density at radius 1 is 1.40 bits per heavy atom. The molecule has 0 aliphatic heterocycles. The number of hydrogen-bond donors (Lipinski definition) is 1. The summed E-state index contributed by atoms with van der Waals surface area (Å²) in [7, 11) is -1.55. The molecule has 1 aliphatic rings. The topological polar surface area (TPSA) is 37.3 Å². The molecule has 0 bridgehead atoms. The molecule has 0 spiro atoms. The van der Waals surface area contributed by atoms with Crippen molar-refractivity contribution in [1.29, 1.82) is 0 Å². The van der Waals surface area contributed by atoms with E-state index in [1.54, 1.807) is 0 Å². The van der Waals surface area contributed by atoms with Crippen LogP contribution >= 0.6 is 0 Å². The van der Waals surface area contributed by atoms with Gasteiger partial charge in [-0.05, 0) is 24.3 Å². The lowest BCUT2D eigenvalue weighted by atomic mass is 9.92. The van der Waals surface area contributed by atoms with E-state index in [0.29, 0.717) is 24.8 Å². The first-order valence-electron chi connectivity index (χ1n) is 7.56. The lowest BCUT2D eigenvalue weighted by Crippen LogP contribution is -2.35. The number of aliphatic hydroxyl groups is 1. The van der Waals surface area contributed by atoms with Crippen LogP contribution in [0.25, 0.3) is 0 Å². The Bertz CT molecular complexity index is 444. The van der Waals surface area contributed by atoms with Crippen LogP contribution in [0.3, 0.4) is 0 Å². The fourth-order valence-corrected chi connectivity index (χ4v) is 2.88. The first kappa shape index (κ1) is 17.2. The van der Waals surface area contributed by atoms with Crippen LogP contribution in [-0.4, -0.2) is 25.1 Å². The predicted molar refractivity (Wildman–Crippen MR) is 87.2 cm³/mol. The molecule has 3 heteroatoms. The van der Waals surface area contributed by atoms with E-state index < -0.39 is 14.2 Å². The number of rotatable bonds is 3. The number of allylic oxidation sites excluding steroid dienone is 1. The van der Waals surface area contributed by atoms with Gasteiger partial charge in [-0.15, -0.1) is 11.5 Å². The van der Waals surface area contributed by atoms with Gasteiger partial charge in [0.25, 0.3) is 0 Å². The highest BCUT2D eigenvalue weighted by molar-refractivity contribution is 6.87. The van der Waals surface area contributed by atoms with Crippen LogP contribution in [-0.2, 0) is 4.79 Å². The molecule has 0 fully saturated rings. The van der Waals surface area contributed by atoms with Gasteiger partial charge in [0.1, 0.15) is 8.07 Å². The van der Waals surface area contributed by atoms with E-state index in [-0.39, 0.29) is 10.8 Å². The second kappa shape index (κ2) is 6.73. The van der Waals surface area contributed by atoms with Crippen molar-refractivity contribution in [3.8, 4) is 11.5 Å². The molecule has 1 N–H and O–H groups in total. The Morgan fingerprint density at radius 2 is 2.05 bits per heavy atom. The van der Waals surface area contributed by atoms with Crippen molar-refractivity contribution in [2.24, 2.45) is 0 Å². The van der Waals surface area contributed by atoms with Crippen molar-refractivity contribution < 1.29 is 9.90 Å². The third-order valence-electron chi connectivity index (χ3n) is 4.47. The van der Waals surface area contributed by atoms with Crippen LogP contribution < -0.4 is 0 Å². The zero-order chi connectivity index (χ0) is 15.4. The summed E-state index contributed by atoms with van der Waals surface area (Å²) in [6.07, 6.45) is 4.92. The van der Waals surface area contributed by atoms with E-state index in [0.717, 1.165) is 12.8 Å². The van der Waals surface area contributed by atoms with Crippen LogP contribution in [0.5, 0.6) is 0 Å². The predicted octanol–water partition coefficient (Wildman–Crippen LogP) is 3.86. The lowest BCUT2D eigenvalue weighted by molar-refractivity contribution is -0.117. The Morgan fingerprint density at radius 3 is 2.60 bits per heavy atom. The van der Waals surface area contributed by atoms with Gasteiger partial charge in [-0.2, -0.15) is 0 Å². The van der Waals surface area contributed by atoms with Gasteiger partial charge in [0.15, 0.2) is 5.78 Å². The molecule has 0 heterocycles. The van der Waals surface area contributed by atoms with E-state index in [1.807, 2.05) is 6.08 Å². The number of hydrogen-bond acceptors (Lipinski definition) is 2. The van der Waals surface area contributed by atoms with Gasteiger partial charge in [0.2, 0.25) is 0 Å². The molecule has 0 saturated heterocycles. The van der Waals surface area contributed by atoms with Gasteiger partial charge in [-0.25, -0.2) is 0 Å². The maximum absolute atomic E-state index is 11.7. The quantitative estimate of drug-likeness (QED) is 0.633. The highest BCUT2D eigenvalue weighted by Gasteiger charge is 2.33. The first-order valence-corrected chi connectivity index (χ1v) is 10.6. The fourth-order valence-electron chi connectivity index (χ4n) is 1.94. The standard InChI is InChI=1S/C17H28O2Si/c1-17(2,3)20(4,5)13-9-8-12-16(19)14-10-6-7-11-15(14)18/h10,16,19H,6-8,11-12H2,1-5H3/t16-/m0/s1. The van der Waals surface area contributed by atoms with Gasteiger partial charge in [0.05, 0.1) is 6.10 Å². The van der Waals surface area contributed by atoms with Gasteiger partial charge in [-0.1, -0.05) is 39.9 Å². The van der Waals surface area contributed by atoms with Crippen LogP contribution in [0.2, 0.25) is 18.1 Å². The smallest absolute Gasteiger partial charge is 0.161 e. The molecule has 0 saturated carbocycles. The van der Waals surface area contributed by atoms with Crippen LogP contribution in [0.1, 0.15) is 52.9 Å². The number of ketones is 1. The SMILES string of the molecule is CC(C)(C)[Si](C)(C)C#CCC[C@H](O)C1=CCCCC1=O. The van der Waals surface area contributed by atoms with Crippen molar-refractivity contribution in [3.63, 3.8) is 0 Å². The van der Waals surface area contributed by atoms with Crippen LogP contribution in [0.4, 0.5) is 0 Å². The Hall–Kier alpha value is -0.853. The average Bonchev–Trinajstić information content (AvgIpc) is 2.33. The summed E-state index contributed by atoms with van der Waals surface area (Å²) in [6.45, 7) is 11.3. The normalized spacial score (nSPS) is 18.1. The molecule has 0 amide bonds. The minimum atomic E-state index is -1.55. The van der Waals surface area contributed by atoms with Crippen molar-refractivity contribution in [2.75, 3.05) is 0 Å². The Labute approximate surface area is 124 Å². The summed E-state index contributed by atoms with van der Waals surface area (Å²) in [5, 5.41) is 10.4. The molecule has 2 nitrogen and oxygen atoms in total. The summed E-state index contributed by atoms with van der Waals surface area (Å²) in [5.41, 5.74) is 4.06. The molecule has 1 aliphatic carbocycles. The molecule has 112 valence electrons. The number of aliphatic hydroxyl groups excluding tert-OH is 1. The minimum Gasteiger partial charge on any atom is -0.388 e. The molecule has 1 rings (SSSR count). The highest BCUT2D eigenvalue weighted by atomic mass is 28.3. The monoisotopic (exact) mass is 292 g/mol. The molecular weight excluding hydrogens is 264 g/mol. The fraction of sp³-hybridized carbons (Fsp3) is 0.706. The maximum atomic E-state index is 11.7. The molecule has 0 aromatic carbocycles. The summed E-state index contributed by atoms with van der Waals surface area (Å²) >= 11 is 0. The zero-order valence-corrected chi connectivity index (χ0v) is 14.5. The van der Waals surface area contributed by atoms with Crippen molar-refractivity contribution >= 4 is 13.9 Å². The summed E-state index contributed by atoms with van der Waals surface area (Å²) in [6, 6.07) is 0. The van der Waals surface area contributed by atoms with Gasteiger partial charge in [0, 0.05) is 18.4 Å². The third kappa shape index (κ3) is 4.61. The molecule has 0 unspecified atom stereocenters. The number of Topliss-reactive ketones (excluding diaryl/α,β-unsaturated/α-hetero) is 1. The van der Waals surface area contributed by atoms with Crippen LogP contribution in [0.15, 0.2) is 11.6 Å². The summed E-state index contributed by atoms with van der Waals surface area (Å²) in [4.78, 5) is 11.7. The van der Waals surface area contributed by atoms with Gasteiger partial charge in [-0.3, -0.25) is 4.79 Å². The molecular formula is C17H28O2Si. The number of carbonyl (C=O) groups is 1. The molecule has 0 aromatic heterocycles. The van der Waals surface area contributed by atoms with Crippen molar-refractivity contribution in [1.82, 2.24) is 0 Å². The Balaban J connectivity index is 2.53. The van der Waals surface area contributed by atoms with E-state index in [1.165, 1.54) is 0 Å². The minimum absolute atomic E-state index is 0.112. The second-order valence-electron chi connectivity index (χ2n) is 7.21. The van der Waals surface area contributed by atoms with Crippen LogP contribution in [0, 0.1) is 11.5 Å². The number of carbonyl (C=O) groups excluding carboxylic acids is 1. The zero-order valence-electron chi connectivity index (χ0n) is 13.5. The lowest BCUT2D eigenvalue weighted by Gasteiger charge is -2.31.